The number of nitrogens with one attached hydrogen (secondary N) is 2. The van der Waals surface area contributed by atoms with Gasteiger partial charge in [0.05, 0.1) is 5.56 Å². The average molecular weight is 318 g/mol. The summed E-state index contributed by atoms with van der Waals surface area (Å²) in [6.45, 7) is 0. The third kappa shape index (κ3) is 2.47. The Morgan fingerprint density at radius 2 is 1.83 bits per heavy atom. The number of rotatable bonds is 2. The molecule has 1 aliphatic rings. The number of hydrogen-bond donors (Lipinski definition) is 2. The quantitative estimate of drug-likeness (QED) is 0.532. The zero-order chi connectivity index (χ0) is 15.8. The number of anilines is 1. The standard InChI is InChI=1S/C19H14N2OS/c22-18(17-6-3-9-20-19(17)23)21-14-7-8-16-13(11-14)10-12-4-1-2-5-15(12)16/h1-9,11H,10H2,(H,20,23)(H,21,22). The first kappa shape index (κ1) is 13.9. The van der Waals surface area contributed by atoms with Crippen LogP contribution in [0.4, 0.5) is 5.69 Å². The summed E-state index contributed by atoms with van der Waals surface area (Å²) in [7, 11) is 0. The lowest BCUT2D eigenvalue weighted by Crippen LogP contribution is -2.13. The second-order valence-electron chi connectivity index (χ2n) is 5.57. The number of aromatic amines is 1. The molecule has 0 bridgehead atoms. The third-order valence-electron chi connectivity index (χ3n) is 4.11. The summed E-state index contributed by atoms with van der Waals surface area (Å²) in [5.41, 5.74) is 6.37. The minimum Gasteiger partial charge on any atom is -0.352 e. The van der Waals surface area contributed by atoms with Gasteiger partial charge in [0.15, 0.2) is 0 Å². The van der Waals surface area contributed by atoms with Crippen LogP contribution in [0.3, 0.4) is 0 Å². The predicted octanol–water partition coefficient (Wildman–Crippen LogP) is 4.57. The molecule has 4 rings (SSSR count). The molecule has 0 radical (unpaired) electrons. The predicted molar refractivity (Wildman–Crippen MR) is 94.3 cm³/mol. The van der Waals surface area contributed by atoms with E-state index in [1.165, 1.54) is 22.3 Å². The van der Waals surface area contributed by atoms with Gasteiger partial charge < -0.3 is 10.3 Å². The number of carbonyl (C=O) groups is 1. The van der Waals surface area contributed by atoms with Crippen molar-refractivity contribution in [1.29, 1.82) is 0 Å². The van der Waals surface area contributed by atoms with Crippen LogP contribution in [0.15, 0.2) is 60.8 Å². The molecule has 1 aliphatic carbocycles. The second-order valence-corrected chi connectivity index (χ2v) is 5.98. The van der Waals surface area contributed by atoms with Gasteiger partial charge in [0.25, 0.3) is 5.91 Å². The Morgan fingerprint density at radius 3 is 2.70 bits per heavy atom. The minimum absolute atomic E-state index is 0.192. The average Bonchev–Trinajstić information content (AvgIpc) is 2.92. The Kier molecular flexibility index (Phi) is 3.32. The maximum absolute atomic E-state index is 12.4. The van der Waals surface area contributed by atoms with E-state index in [0.29, 0.717) is 10.2 Å². The fourth-order valence-electron chi connectivity index (χ4n) is 3.02. The lowest BCUT2D eigenvalue weighted by molar-refractivity contribution is 0.102. The van der Waals surface area contributed by atoms with Crippen LogP contribution in [0.2, 0.25) is 0 Å². The van der Waals surface area contributed by atoms with Crippen LogP contribution in [0.25, 0.3) is 11.1 Å². The Hall–Kier alpha value is -2.72. The van der Waals surface area contributed by atoms with Gasteiger partial charge in [-0.1, -0.05) is 42.5 Å². The zero-order valence-electron chi connectivity index (χ0n) is 12.3. The van der Waals surface area contributed by atoms with Crippen molar-refractivity contribution in [1.82, 2.24) is 4.98 Å². The van der Waals surface area contributed by atoms with Crippen LogP contribution in [-0.4, -0.2) is 10.9 Å². The molecule has 1 amide bonds. The molecule has 0 atom stereocenters. The zero-order valence-corrected chi connectivity index (χ0v) is 13.1. The number of pyridine rings is 1. The molecule has 3 aromatic rings. The molecule has 0 spiro atoms. The van der Waals surface area contributed by atoms with Gasteiger partial charge in [0.1, 0.15) is 4.64 Å². The molecular formula is C19H14N2OS. The first-order valence-electron chi connectivity index (χ1n) is 7.42. The van der Waals surface area contributed by atoms with Gasteiger partial charge in [-0.15, -0.1) is 0 Å². The molecule has 2 N–H and O–H groups in total. The fraction of sp³-hybridized carbons (Fsp3) is 0.0526. The van der Waals surface area contributed by atoms with E-state index >= 15 is 0 Å². The van der Waals surface area contributed by atoms with Crippen molar-refractivity contribution < 1.29 is 4.79 Å². The van der Waals surface area contributed by atoms with Crippen molar-refractivity contribution in [2.75, 3.05) is 5.32 Å². The summed E-state index contributed by atoms with van der Waals surface area (Å²) in [5, 5.41) is 2.93. The summed E-state index contributed by atoms with van der Waals surface area (Å²) in [6, 6.07) is 18.0. The first-order valence-corrected chi connectivity index (χ1v) is 7.83. The molecule has 4 heteroatoms. The number of benzene rings is 2. The van der Waals surface area contributed by atoms with Gasteiger partial charge in [-0.2, -0.15) is 0 Å². The number of hydrogen-bond acceptors (Lipinski definition) is 2. The number of aromatic nitrogens is 1. The number of amides is 1. The molecule has 2 aromatic carbocycles. The van der Waals surface area contributed by atoms with Crippen LogP contribution >= 0.6 is 12.2 Å². The fourth-order valence-corrected chi connectivity index (χ4v) is 3.25. The van der Waals surface area contributed by atoms with E-state index in [1.807, 2.05) is 12.1 Å². The van der Waals surface area contributed by atoms with Crippen molar-refractivity contribution in [3.05, 3.63) is 82.1 Å². The number of carbonyl (C=O) groups excluding carboxylic acids is 1. The molecule has 0 fully saturated rings. The van der Waals surface area contributed by atoms with Crippen molar-refractivity contribution >= 4 is 23.8 Å². The van der Waals surface area contributed by atoms with Gasteiger partial charge in [-0.25, -0.2) is 0 Å². The van der Waals surface area contributed by atoms with Crippen molar-refractivity contribution in [3.63, 3.8) is 0 Å². The largest absolute Gasteiger partial charge is 0.352 e. The number of fused-ring (bicyclic) bond motifs is 3. The molecule has 0 unspecified atom stereocenters. The van der Waals surface area contributed by atoms with Gasteiger partial charge in [-0.3, -0.25) is 4.79 Å². The summed E-state index contributed by atoms with van der Waals surface area (Å²) in [6.07, 6.45) is 2.62. The van der Waals surface area contributed by atoms with E-state index in [2.05, 4.69) is 40.6 Å². The van der Waals surface area contributed by atoms with E-state index in [9.17, 15) is 4.79 Å². The molecule has 112 valence electrons. The van der Waals surface area contributed by atoms with Gasteiger partial charge in [-0.05, 0) is 52.9 Å². The number of H-pyrrole nitrogens is 1. The van der Waals surface area contributed by atoms with E-state index < -0.39 is 0 Å². The SMILES string of the molecule is O=C(Nc1ccc2c(c1)Cc1ccccc1-2)c1ccc[nH]c1=S. The van der Waals surface area contributed by atoms with Crippen molar-refractivity contribution in [2.45, 2.75) is 6.42 Å². The topological polar surface area (TPSA) is 44.9 Å². The first-order chi connectivity index (χ1) is 11.2. The molecule has 23 heavy (non-hydrogen) atoms. The van der Waals surface area contributed by atoms with Gasteiger partial charge in [0, 0.05) is 11.9 Å². The lowest BCUT2D eigenvalue weighted by Gasteiger charge is -2.08. The maximum Gasteiger partial charge on any atom is 0.258 e. The summed E-state index contributed by atoms with van der Waals surface area (Å²) >= 11 is 5.15. The van der Waals surface area contributed by atoms with Crippen molar-refractivity contribution in [3.8, 4) is 11.1 Å². The van der Waals surface area contributed by atoms with E-state index in [1.54, 1.807) is 18.3 Å². The van der Waals surface area contributed by atoms with Crippen LogP contribution in [0.1, 0.15) is 21.5 Å². The summed E-state index contributed by atoms with van der Waals surface area (Å²) in [4.78, 5) is 15.2. The highest BCUT2D eigenvalue weighted by molar-refractivity contribution is 7.71. The molecule has 1 heterocycles. The molecule has 0 aliphatic heterocycles. The molecule has 3 nitrogen and oxygen atoms in total. The maximum atomic E-state index is 12.4. The smallest absolute Gasteiger partial charge is 0.258 e. The Morgan fingerprint density at radius 1 is 1.00 bits per heavy atom. The van der Waals surface area contributed by atoms with Gasteiger partial charge >= 0.3 is 0 Å². The monoisotopic (exact) mass is 318 g/mol. The van der Waals surface area contributed by atoms with Crippen LogP contribution in [0, 0.1) is 4.64 Å². The van der Waals surface area contributed by atoms with Crippen LogP contribution in [0.5, 0.6) is 0 Å². The minimum atomic E-state index is -0.192. The molecule has 1 aromatic heterocycles. The molecule has 0 saturated heterocycles. The van der Waals surface area contributed by atoms with E-state index in [4.69, 9.17) is 12.2 Å². The van der Waals surface area contributed by atoms with Crippen LogP contribution in [-0.2, 0) is 6.42 Å². The molecular weight excluding hydrogens is 304 g/mol. The Labute approximate surface area is 139 Å². The highest BCUT2D eigenvalue weighted by Crippen LogP contribution is 2.37. The van der Waals surface area contributed by atoms with Crippen LogP contribution < -0.4 is 5.32 Å². The molecule has 0 saturated carbocycles. The normalized spacial score (nSPS) is 11.7. The highest BCUT2D eigenvalue weighted by atomic mass is 32.1. The highest BCUT2D eigenvalue weighted by Gasteiger charge is 2.18. The van der Waals surface area contributed by atoms with E-state index in [-0.39, 0.29) is 5.91 Å². The van der Waals surface area contributed by atoms with E-state index in [0.717, 1.165) is 12.1 Å². The Bertz CT molecular complexity index is 975. The van der Waals surface area contributed by atoms with Crippen molar-refractivity contribution in [2.24, 2.45) is 0 Å². The second kappa shape index (κ2) is 5.48. The lowest BCUT2D eigenvalue weighted by atomic mass is 10.1. The Balaban J connectivity index is 1.63. The summed E-state index contributed by atoms with van der Waals surface area (Å²) < 4.78 is 0.443. The summed E-state index contributed by atoms with van der Waals surface area (Å²) in [5.74, 6) is -0.192. The third-order valence-corrected chi connectivity index (χ3v) is 4.45. The van der Waals surface area contributed by atoms with Gasteiger partial charge in [0.2, 0.25) is 0 Å².